The molecule has 35 heavy (non-hydrogen) atoms. The van der Waals surface area contributed by atoms with Crippen LogP contribution in [-0.2, 0) is 0 Å². The van der Waals surface area contributed by atoms with Gasteiger partial charge in [-0.25, -0.2) is 0 Å². The van der Waals surface area contributed by atoms with Gasteiger partial charge in [0.2, 0.25) is 0 Å². The van der Waals surface area contributed by atoms with Gasteiger partial charge in [-0.3, -0.25) is 4.79 Å². The molecule has 0 radical (unpaired) electrons. The van der Waals surface area contributed by atoms with E-state index >= 15 is 0 Å². The third-order valence-corrected chi connectivity index (χ3v) is 6.88. The largest absolute Gasteiger partial charge is 0.488 e. The Bertz CT molecular complexity index is 1230. The number of carbonyl (C=O) groups excluding carboxylic acids is 1. The highest BCUT2D eigenvalue weighted by atomic mass is 16.5. The van der Waals surface area contributed by atoms with Crippen molar-refractivity contribution in [3.63, 3.8) is 0 Å². The molecule has 0 fully saturated rings. The van der Waals surface area contributed by atoms with E-state index in [1.54, 1.807) is 0 Å². The van der Waals surface area contributed by atoms with Gasteiger partial charge in [-0.2, -0.15) is 0 Å². The Labute approximate surface area is 209 Å². The van der Waals surface area contributed by atoms with Crippen LogP contribution in [0.2, 0.25) is 0 Å². The molecule has 4 rings (SSSR count). The lowest BCUT2D eigenvalue weighted by Crippen LogP contribution is -2.13. The number of allylic oxidation sites excluding steroid dienone is 14. The fraction of sp³-hybridized carbons (Fsp3) is 0.281. The quantitative estimate of drug-likeness (QED) is 0.471. The number of carbonyl (C=O) groups is 1. The molecule has 1 aliphatic heterocycles. The third kappa shape index (κ3) is 6.10. The van der Waals surface area contributed by atoms with Gasteiger partial charge in [0.25, 0.3) is 0 Å². The lowest BCUT2D eigenvalue weighted by molar-refractivity contribution is 0.0949. The first-order chi connectivity index (χ1) is 16.9. The summed E-state index contributed by atoms with van der Waals surface area (Å²) in [5.74, 6) is 0.802. The Hall–Kier alpha value is -3.59. The van der Waals surface area contributed by atoms with Crippen molar-refractivity contribution in [2.75, 3.05) is 6.61 Å². The summed E-state index contributed by atoms with van der Waals surface area (Å²) in [5, 5.41) is 0. The number of hydrogen-bond donors (Lipinski definition) is 1. The van der Waals surface area contributed by atoms with Gasteiger partial charge < -0.3 is 10.5 Å². The highest BCUT2D eigenvalue weighted by molar-refractivity contribution is 6.02. The number of benzene rings is 1. The Morgan fingerprint density at radius 2 is 1.91 bits per heavy atom. The summed E-state index contributed by atoms with van der Waals surface area (Å²) in [4.78, 5) is 13.3. The van der Waals surface area contributed by atoms with Gasteiger partial charge in [0.1, 0.15) is 12.4 Å². The van der Waals surface area contributed by atoms with E-state index in [9.17, 15) is 4.79 Å². The first-order valence-corrected chi connectivity index (χ1v) is 12.5. The zero-order chi connectivity index (χ0) is 24.8. The maximum absolute atomic E-state index is 13.3. The minimum Gasteiger partial charge on any atom is -0.488 e. The molecule has 1 heterocycles. The van der Waals surface area contributed by atoms with E-state index in [1.165, 1.54) is 11.1 Å². The van der Waals surface area contributed by atoms with Crippen LogP contribution in [0.3, 0.4) is 0 Å². The van der Waals surface area contributed by atoms with E-state index in [-0.39, 0.29) is 17.6 Å². The van der Waals surface area contributed by atoms with Crippen LogP contribution < -0.4 is 10.5 Å². The molecule has 1 aromatic carbocycles. The van der Waals surface area contributed by atoms with E-state index in [0.717, 1.165) is 41.7 Å². The second-order valence-electron chi connectivity index (χ2n) is 9.53. The van der Waals surface area contributed by atoms with Crippen molar-refractivity contribution < 1.29 is 9.53 Å². The average molecular weight is 466 g/mol. The summed E-state index contributed by atoms with van der Waals surface area (Å²) >= 11 is 0. The van der Waals surface area contributed by atoms with Crippen molar-refractivity contribution in [1.29, 1.82) is 0 Å². The summed E-state index contributed by atoms with van der Waals surface area (Å²) in [5.41, 5.74) is 13.2. The molecule has 0 saturated heterocycles. The van der Waals surface area contributed by atoms with Gasteiger partial charge in [-0.05, 0) is 72.6 Å². The molecule has 0 saturated carbocycles. The number of ketones is 1. The van der Waals surface area contributed by atoms with E-state index in [2.05, 4.69) is 56.4 Å². The zero-order valence-electron chi connectivity index (χ0n) is 21.0. The Kier molecular flexibility index (Phi) is 7.87. The summed E-state index contributed by atoms with van der Waals surface area (Å²) in [6.07, 6.45) is 26.0. The van der Waals surface area contributed by atoms with Gasteiger partial charge in [0, 0.05) is 11.6 Å². The fourth-order valence-electron chi connectivity index (χ4n) is 4.48. The van der Waals surface area contributed by atoms with Gasteiger partial charge in [0.15, 0.2) is 5.78 Å². The van der Waals surface area contributed by atoms with Gasteiger partial charge in [-0.1, -0.05) is 86.2 Å². The molecule has 3 nitrogen and oxygen atoms in total. The van der Waals surface area contributed by atoms with Crippen LogP contribution in [0.4, 0.5) is 0 Å². The number of hydrogen-bond acceptors (Lipinski definition) is 3. The van der Waals surface area contributed by atoms with Crippen LogP contribution >= 0.6 is 0 Å². The summed E-state index contributed by atoms with van der Waals surface area (Å²) in [7, 11) is 0. The highest BCUT2D eigenvalue weighted by Gasteiger charge is 2.26. The van der Waals surface area contributed by atoms with Crippen LogP contribution in [0, 0.1) is 11.8 Å². The number of rotatable bonds is 4. The van der Waals surface area contributed by atoms with Gasteiger partial charge in [-0.15, -0.1) is 0 Å². The number of fused-ring (bicyclic) bond motifs is 1. The first-order valence-electron chi connectivity index (χ1n) is 12.5. The van der Waals surface area contributed by atoms with Crippen molar-refractivity contribution in [3.8, 4) is 5.75 Å². The zero-order valence-corrected chi connectivity index (χ0v) is 21.0. The second-order valence-corrected chi connectivity index (χ2v) is 9.53. The van der Waals surface area contributed by atoms with E-state index < -0.39 is 0 Å². The maximum Gasteiger partial charge on any atom is 0.173 e. The third-order valence-electron chi connectivity index (χ3n) is 6.88. The van der Waals surface area contributed by atoms with E-state index in [0.29, 0.717) is 17.9 Å². The summed E-state index contributed by atoms with van der Waals surface area (Å²) in [6, 6.07) is 5.97. The molecule has 3 heteroatoms. The predicted octanol–water partition coefficient (Wildman–Crippen LogP) is 7.43. The minimum atomic E-state index is -0.225. The van der Waals surface area contributed by atoms with Crippen molar-refractivity contribution in [1.82, 2.24) is 0 Å². The molecule has 0 aromatic heterocycles. The molecule has 0 spiro atoms. The fourth-order valence-corrected chi connectivity index (χ4v) is 4.48. The monoisotopic (exact) mass is 465 g/mol. The summed E-state index contributed by atoms with van der Waals surface area (Å²) < 4.78 is 6.18. The number of ether oxygens (including phenoxy) is 1. The molecule has 3 aliphatic rings. The lowest BCUT2D eigenvalue weighted by Gasteiger charge is -2.11. The first kappa shape index (κ1) is 24.5. The summed E-state index contributed by atoms with van der Waals surface area (Å²) in [6.45, 7) is 6.70. The molecular weight excluding hydrogens is 430 g/mol. The van der Waals surface area contributed by atoms with Crippen molar-refractivity contribution in [3.05, 3.63) is 119 Å². The number of nitrogens with two attached hydrogens (primary N) is 1. The average Bonchev–Trinajstić information content (AvgIpc) is 3.12. The van der Waals surface area contributed by atoms with Crippen LogP contribution in [-0.4, -0.2) is 12.4 Å². The molecule has 2 unspecified atom stereocenters. The molecule has 0 bridgehead atoms. The van der Waals surface area contributed by atoms with Gasteiger partial charge >= 0.3 is 0 Å². The molecule has 1 aromatic rings. The van der Waals surface area contributed by atoms with Crippen LogP contribution in [0.1, 0.15) is 56.0 Å². The molecular formula is C32H35NO2. The van der Waals surface area contributed by atoms with Crippen LogP contribution in [0.25, 0.3) is 5.57 Å². The number of Topliss-reactive ketones (excluding diaryl/α,β-unsaturated/α-hetero) is 1. The molecule has 2 atom stereocenters. The molecule has 2 N–H and O–H groups in total. The van der Waals surface area contributed by atoms with Crippen molar-refractivity contribution in [2.24, 2.45) is 17.6 Å². The predicted molar refractivity (Wildman–Crippen MR) is 146 cm³/mol. The Morgan fingerprint density at radius 3 is 2.77 bits per heavy atom. The smallest absolute Gasteiger partial charge is 0.173 e. The SMILES string of the molecule is C/C1=C/C/C=C(c2ccc3c(c2)OC/C(=C/C=C\C(C)C2=CCC=C(N)C=C2)C(C)C3=O)\C=C/C1. The topological polar surface area (TPSA) is 52.3 Å². The van der Waals surface area contributed by atoms with E-state index in [1.807, 2.05) is 49.4 Å². The van der Waals surface area contributed by atoms with Crippen LogP contribution in [0.5, 0.6) is 5.75 Å². The van der Waals surface area contributed by atoms with Gasteiger partial charge in [0.05, 0.1) is 5.56 Å². The van der Waals surface area contributed by atoms with Crippen molar-refractivity contribution in [2.45, 2.75) is 40.0 Å². The lowest BCUT2D eigenvalue weighted by atomic mass is 9.91. The normalized spacial score (nSPS) is 26.5. The van der Waals surface area contributed by atoms with Crippen molar-refractivity contribution >= 4 is 11.4 Å². The molecule has 180 valence electrons. The second kappa shape index (κ2) is 11.2. The molecule has 2 aliphatic carbocycles. The Balaban J connectivity index is 1.50. The highest BCUT2D eigenvalue weighted by Crippen LogP contribution is 2.33. The van der Waals surface area contributed by atoms with Crippen LogP contribution in [0.15, 0.2) is 107 Å². The maximum atomic E-state index is 13.3. The standard InChI is InChI=1S/C32H35NO2/c1-22-8-4-12-26(13-5-9-22)27-17-19-30-31(20-27)35-21-28(24(3)32(30)34)14-6-10-23(2)25-11-7-15-29(33)18-16-25/h4,6,9-20,23-24H,5,7-8,21,33H2,1-3H3/b10-6-,12-4-,22-9-,26-13+,28-14-. The molecule has 0 amide bonds. The Morgan fingerprint density at radius 1 is 1.09 bits per heavy atom. The van der Waals surface area contributed by atoms with E-state index in [4.69, 9.17) is 10.5 Å². The minimum absolute atomic E-state index is 0.105.